The molecule has 0 aliphatic carbocycles. The standard InChI is InChI=1S/C10H6ClN2.W/c11-9-6-7-12-10(13-9)8-4-2-1-3-5-8;/h1-4,6-7H;/q-1;. The van der Waals surface area contributed by atoms with Gasteiger partial charge in [-0.3, -0.25) is 9.97 Å². The van der Waals surface area contributed by atoms with Crippen LogP contribution in [0.3, 0.4) is 0 Å². The third-order valence-corrected chi connectivity index (χ3v) is 1.78. The molecule has 0 saturated carbocycles. The van der Waals surface area contributed by atoms with Crippen molar-refractivity contribution in [2.24, 2.45) is 0 Å². The summed E-state index contributed by atoms with van der Waals surface area (Å²) < 4.78 is 0. The van der Waals surface area contributed by atoms with E-state index in [1.54, 1.807) is 12.3 Å². The van der Waals surface area contributed by atoms with E-state index >= 15 is 0 Å². The molecular weight excluding hydrogens is 367 g/mol. The summed E-state index contributed by atoms with van der Waals surface area (Å²) in [5.41, 5.74) is 0.852. The molecule has 0 amide bonds. The van der Waals surface area contributed by atoms with Crippen molar-refractivity contribution < 1.29 is 21.1 Å². The quantitative estimate of drug-likeness (QED) is 0.567. The Labute approximate surface area is 102 Å². The Balaban J connectivity index is 0.000000980. The molecule has 2 aromatic rings. The summed E-state index contributed by atoms with van der Waals surface area (Å²) in [4.78, 5) is 8.15. The second-order valence-corrected chi connectivity index (χ2v) is 2.87. The Hall–Kier alpha value is -0.722. The molecule has 2 nitrogen and oxygen atoms in total. The smallest absolute Gasteiger partial charge is 0.122 e. The molecule has 1 aromatic heterocycles. The van der Waals surface area contributed by atoms with E-state index in [0.29, 0.717) is 11.0 Å². The second kappa shape index (κ2) is 5.23. The van der Waals surface area contributed by atoms with E-state index in [9.17, 15) is 0 Å². The van der Waals surface area contributed by atoms with Crippen LogP contribution in [0, 0.1) is 6.07 Å². The van der Waals surface area contributed by atoms with Gasteiger partial charge in [-0.2, -0.15) is 0 Å². The molecular formula is C10H6ClN2W-. The number of hydrogen-bond acceptors (Lipinski definition) is 2. The van der Waals surface area contributed by atoms with Gasteiger partial charge in [-0.15, -0.1) is 35.9 Å². The van der Waals surface area contributed by atoms with Crippen LogP contribution in [0.4, 0.5) is 0 Å². The maximum absolute atomic E-state index is 5.73. The van der Waals surface area contributed by atoms with Crippen LogP contribution in [0.5, 0.6) is 0 Å². The molecule has 0 N–H and O–H groups in total. The number of rotatable bonds is 1. The molecule has 0 saturated heterocycles. The first-order chi connectivity index (χ1) is 6.36. The van der Waals surface area contributed by atoms with Gasteiger partial charge in [0.1, 0.15) is 5.15 Å². The Morgan fingerprint density at radius 2 is 2.07 bits per heavy atom. The molecule has 0 spiro atoms. The van der Waals surface area contributed by atoms with Crippen molar-refractivity contribution >= 4 is 11.6 Å². The maximum atomic E-state index is 5.73. The fourth-order valence-corrected chi connectivity index (χ4v) is 1.14. The number of halogens is 1. The first-order valence-corrected chi connectivity index (χ1v) is 4.20. The predicted octanol–water partition coefficient (Wildman–Crippen LogP) is 2.59. The van der Waals surface area contributed by atoms with E-state index in [1.807, 2.05) is 24.3 Å². The first kappa shape index (κ1) is 11.4. The molecule has 4 heteroatoms. The van der Waals surface area contributed by atoms with Crippen LogP contribution in [0.15, 0.2) is 36.5 Å². The predicted molar refractivity (Wildman–Crippen MR) is 51.3 cm³/mol. The molecule has 0 unspecified atom stereocenters. The van der Waals surface area contributed by atoms with Gasteiger partial charge in [-0.25, -0.2) is 0 Å². The fraction of sp³-hybridized carbons (Fsp3) is 0. The average molecular weight is 373 g/mol. The van der Waals surface area contributed by atoms with Gasteiger partial charge < -0.3 is 0 Å². The first-order valence-electron chi connectivity index (χ1n) is 3.82. The van der Waals surface area contributed by atoms with Gasteiger partial charge in [0.15, 0.2) is 0 Å². The topological polar surface area (TPSA) is 25.8 Å². The van der Waals surface area contributed by atoms with Crippen LogP contribution in [-0.4, -0.2) is 9.97 Å². The van der Waals surface area contributed by atoms with Gasteiger partial charge in [0.05, 0.1) is 5.82 Å². The number of hydrogen-bond donors (Lipinski definition) is 0. The molecule has 0 aliphatic heterocycles. The van der Waals surface area contributed by atoms with Crippen LogP contribution in [-0.2, 0) is 21.1 Å². The molecule has 2 rings (SSSR count). The van der Waals surface area contributed by atoms with E-state index in [1.165, 1.54) is 0 Å². The van der Waals surface area contributed by atoms with Crippen molar-refractivity contribution in [1.82, 2.24) is 9.97 Å². The SMILES string of the molecule is Clc1ccnc(-c2[c-]cccc2)n1.[W]. The monoisotopic (exact) mass is 373 g/mol. The minimum absolute atomic E-state index is 0. The molecule has 0 atom stereocenters. The number of benzene rings is 1. The van der Waals surface area contributed by atoms with E-state index in [0.717, 1.165) is 5.56 Å². The minimum atomic E-state index is 0. The zero-order valence-corrected chi connectivity index (χ0v) is 10.8. The maximum Gasteiger partial charge on any atom is 0.122 e. The van der Waals surface area contributed by atoms with Crippen LogP contribution >= 0.6 is 11.6 Å². The average Bonchev–Trinajstić information content (AvgIpc) is 2.19. The van der Waals surface area contributed by atoms with Crippen LogP contribution in [0.25, 0.3) is 11.4 Å². The fourth-order valence-electron chi connectivity index (χ4n) is 0.999. The summed E-state index contributed by atoms with van der Waals surface area (Å²) in [6, 6.07) is 12.2. The normalized spacial score (nSPS) is 9.21. The summed E-state index contributed by atoms with van der Waals surface area (Å²) >= 11 is 5.73. The second-order valence-electron chi connectivity index (χ2n) is 2.48. The minimum Gasteiger partial charge on any atom is -0.285 e. The van der Waals surface area contributed by atoms with Crippen molar-refractivity contribution in [2.45, 2.75) is 0 Å². The molecule has 0 aliphatic rings. The zero-order chi connectivity index (χ0) is 9.10. The van der Waals surface area contributed by atoms with Crippen LogP contribution in [0.2, 0.25) is 5.15 Å². The molecule has 1 aromatic carbocycles. The van der Waals surface area contributed by atoms with Gasteiger partial charge in [0, 0.05) is 27.3 Å². The Kier molecular flexibility index (Phi) is 4.24. The summed E-state index contributed by atoms with van der Waals surface area (Å²) in [6.45, 7) is 0. The molecule has 70 valence electrons. The van der Waals surface area contributed by atoms with Gasteiger partial charge in [0.25, 0.3) is 0 Å². The van der Waals surface area contributed by atoms with Crippen molar-refractivity contribution in [2.75, 3.05) is 0 Å². The van der Waals surface area contributed by atoms with Crippen molar-refractivity contribution in [3.8, 4) is 11.4 Å². The third-order valence-electron chi connectivity index (χ3n) is 1.57. The van der Waals surface area contributed by atoms with Crippen molar-refractivity contribution in [3.63, 3.8) is 0 Å². The van der Waals surface area contributed by atoms with E-state index in [4.69, 9.17) is 11.6 Å². The third kappa shape index (κ3) is 2.63. The molecule has 1 heterocycles. The van der Waals surface area contributed by atoms with Crippen molar-refractivity contribution in [1.29, 1.82) is 0 Å². The van der Waals surface area contributed by atoms with Crippen LogP contribution < -0.4 is 0 Å². The molecule has 0 radical (unpaired) electrons. The summed E-state index contributed by atoms with van der Waals surface area (Å²) in [7, 11) is 0. The summed E-state index contributed by atoms with van der Waals surface area (Å²) in [6.07, 6.45) is 1.63. The van der Waals surface area contributed by atoms with E-state index in [2.05, 4.69) is 16.0 Å². The van der Waals surface area contributed by atoms with Gasteiger partial charge >= 0.3 is 0 Å². The molecule has 0 bridgehead atoms. The van der Waals surface area contributed by atoms with Gasteiger partial charge in [-0.05, 0) is 6.07 Å². The Morgan fingerprint density at radius 1 is 1.21 bits per heavy atom. The zero-order valence-electron chi connectivity index (χ0n) is 7.14. The van der Waals surface area contributed by atoms with E-state index < -0.39 is 0 Å². The van der Waals surface area contributed by atoms with Crippen molar-refractivity contribution in [3.05, 3.63) is 47.7 Å². The van der Waals surface area contributed by atoms with Gasteiger partial charge in [-0.1, -0.05) is 11.6 Å². The number of nitrogens with zero attached hydrogens (tertiary/aromatic N) is 2. The molecule has 14 heavy (non-hydrogen) atoms. The summed E-state index contributed by atoms with van der Waals surface area (Å²) in [5.74, 6) is 0.605. The Bertz CT molecular complexity index is 406. The Morgan fingerprint density at radius 3 is 2.71 bits per heavy atom. The molecule has 0 fully saturated rings. The summed E-state index contributed by atoms with van der Waals surface area (Å²) in [5, 5.41) is 0.447. The largest absolute Gasteiger partial charge is 0.285 e. The number of aromatic nitrogens is 2. The van der Waals surface area contributed by atoms with Crippen LogP contribution in [0.1, 0.15) is 0 Å². The van der Waals surface area contributed by atoms with E-state index in [-0.39, 0.29) is 21.1 Å². The van der Waals surface area contributed by atoms with Gasteiger partial charge in [0.2, 0.25) is 0 Å².